The first-order valence-electron chi connectivity index (χ1n) is 16.1. The zero-order valence-corrected chi connectivity index (χ0v) is 27.8. The number of benzene rings is 3. The van der Waals surface area contributed by atoms with Crippen molar-refractivity contribution in [2.24, 2.45) is 23.2 Å². The van der Waals surface area contributed by atoms with Gasteiger partial charge < -0.3 is 25.2 Å². The van der Waals surface area contributed by atoms with Crippen molar-refractivity contribution < 1.29 is 30.0 Å². The van der Waals surface area contributed by atoms with E-state index in [9.17, 15) is 25.2 Å². The van der Waals surface area contributed by atoms with E-state index in [4.69, 9.17) is 4.74 Å². The molecule has 1 saturated carbocycles. The van der Waals surface area contributed by atoms with Gasteiger partial charge in [-0.25, -0.2) is 0 Å². The monoisotopic (exact) mass is 624 g/mol. The highest BCUT2D eigenvalue weighted by Crippen LogP contribution is 2.60. The minimum Gasteiger partial charge on any atom is -0.390 e. The zero-order valence-electron chi connectivity index (χ0n) is 27.8. The van der Waals surface area contributed by atoms with Gasteiger partial charge in [0, 0.05) is 23.7 Å². The van der Waals surface area contributed by atoms with Gasteiger partial charge in [-0.1, -0.05) is 131 Å². The summed E-state index contributed by atoms with van der Waals surface area (Å²) in [5.74, 6) is -3.01. The number of carbonyl (C=O) groups excluding carboxylic acids is 1. The van der Waals surface area contributed by atoms with E-state index in [2.05, 4.69) is 6.58 Å². The Labute approximate surface area is 273 Å². The van der Waals surface area contributed by atoms with Crippen LogP contribution in [0.25, 0.3) is 0 Å². The Hall–Kier alpha value is -3.39. The van der Waals surface area contributed by atoms with Gasteiger partial charge in [0.1, 0.15) is 11.2 Å². The number of aliphatic hydroxyl groups is 4. The molecule has 5 rings (SSSR count). The molecule has 0 bridgehead atoms. The molecule has 0 saturated heterocycles. The molecule has 0 aliphatic heterocycles. The zero-order chi connectivity index (χ0) is 33.7. The van der Waals surface area contributed by atoms with E-state index >= 15 is 0 Å². The van der Waals surface area contributed by atoms with Gasteiger partial charge in [0.25, 0.3) is 0 Å². The van der Waals surface area contributed by atoms with Gasteiger partial charge in [0.2, 0.25) is 0 Å². The quantitative estimate of drug-likeness (QED) is 0.173. The number of rotatable bonds is 9. The lowest BCUT2D eigenvalue weighted by Gasteiger charge is -2.63. The first-order valence-corrected chi connectivity index (χ1v) is 16.1. The van der Waals surface area contributed by atoms with Crippen LogP contribution in [-0.4, -0.2) is 55.7 Å². The van der Waals surface area contributed by atoms with Crippen LogP contribution >= 0.6 is 0 Å². The Bertz CT molecular complexity index is 1500. The van der Waals surface area contributed by atoms with E-state index in [1.54, 1.807) is 40.7 Å². The minimum absolute atomic E-state index is 0.00635. The molecule has 4 N–H and O–H groups in total. The molecule has 3 aromatic carbocycles. The standard InChI is InChI=1S/C40H48O6/c1-26(25-46-40(30-17-11-8-12-18-30,31-19-13-9-14-20-31)32-21-15-10-16-22-32)24-38(44)33(23-27(2)34(38)41)39(45)28(3)35(42)37(7,43)36(5,6)29(39)4/h8-23,28-29,33,35,42-45H,1,24-25H2,2-7H3/t28-,29+,33-,35-,37-,38-,39-/m1/s1. The number of hydrogen-bond donors (Lipinski definition) is 4. The first-order chi connectivity index (χ1) is 21.6. The van der Waals surface area contributed by atoms with Crippen LogP contribution in [0.4, 0.5) is 0 Å². The molecule has 7 atom stereocenters. The maximum Gasteiger partial charge on any atom is 0.190 e. The van der Waals surface area contributed by atoms with E-state index < -0.39 is 57.5 Å². The molecule has 0 unspecified atom stereocenters. The van der Waals surface area contributed by atoms with Crippen LogP contribution in [0.2, 0.25) is 0 Å². The molecule has 46 heavy (non-hydrogen) atoms. The summed E-state index contributed by atoms with van der Waals surface area (Å²) in [6.07, 6.45) is 0.175. The van der Waals surface area contributed by atoms with Crippen molar-refractivity contribution in [1.82, 2.24) is 0 Å². The Balaban J connectivity index is 1.52. The molecule has 3 aromatic rings. The lowest BCUT2D eigenvalue weighted by molar-refractivity contribution is -0.288. The molecule has 2 aliphatic rings. The van der Waals surface area contributed by atoms with Gasteiger partial charge in [0.15, 0.2) is 5.78 Å². The second-order valence-corrected chi connectivity index (χ2v) is 14.3. The van der Waals surface area contributed by atoms with Gasteiger partial charge in [-0.2, -0.15) is 0 Å². The van der Waals surface area contributed by atoms with Gasteiger partial charge in [0.05, 0.1) is 23.9 Å². The fraction of sp³-hybridized carbons (Fsp3) is 0.425. The highest BCUT2D eigenvalue weighted by Gasteiger charge is 2.69. The van der Waals surface area contributed by atoms with Gasteiger partial charge >= 0.3 is 0 Å². The third-order valence-electron chi connectivity index (χ3n) is 11.6. The van der Waals surface area contributed by atoms with Gasteiger partial charge in [-0.05, 0) is 47.6 Å². The number of aliphatic hydroxyl groups excluding tert-OH is 1. The number of hydrogen-bond acceptors (Lipinski definition) is 6. The Kier molecular flexibility index (Phi) is 8.86. The van der Waals surface area contributed by atoms with E-state index in [-0.39, 0.29) is 13.0 Å². The molecule has 2 aliphatic carbocycles. The highest BCUT2D eigenvalue weighted by atomic mass is 16.5. The van der Waals surface area contributed by atoms with E-state index in [0.29, 0.717) is 11.1 Å². The SMILES string of the molecule is C=C(COC(c1ccccc1)(c1ccccc1)c1ccccc1)C[C@]1(O)C(=O)C(C)=C[C@H]1[C@@]1(O)[C@H](C)[C@@H](O)[C@@](C)(O)C(C)(C)[C@@H]1C. The number of carbonyl (C=O) groups is 1. The van der Waals surface area contributed by atoms with Crippen LogP contribution in [-0.2, 0) is 15.1 Å². The average molecular weight is 625 g/mol. The molecule has 1 fully saturated rings. The van der Waals surface area contributed by atoms with Crippen molar-refractivity contribution in [2.45, 2.75) is 76.5 Å². The average Bonchev–Trinajstić information content (AvgIpc) is 3.28. The van der Waals surface area contributed by atoms with Crippen molar-refractivity contribution >= 4 is 5.78 Å². The Morgan fingerprint density at radius 1 is 0.826 bits per heavy atom. The predicted octanol–water partition coefficient (Wildman–Crippen LogP) is 5.97. The number of ether oxygens (including phenoxy) is 1. The Morgan fingerprint density at radius 2 is 1.26 bits per heavy atom. The Morgan fingerprint density at radius 3 is 1.70 bits per heavy atom. The maximum atomic E-state index is 13.8. The van der Waals surface area contributed by atoms with Crippen LogP contribution in [0.1, 0.15) is 64.7 Å². The predicted molar refractivity (Wildman–Crippen MR) is 180 cm³/mol. The number of Topliss-reactive ketones (excluding diaryl/α,β-unsaturated/α-hetero) is 1. The molecule has 6 nitrogen and oxygen atoms in total. The van der Waals surface area contributed by atoms with Crippen LogP contribution in [0.15, 0.2) is 115 Å². The molecule has 0 heterocycles. The maximum absolute atomic E-state index is 13.8. The molecule has 0 amide bonds. The molecular weight excluding hydrogens is 576 g/mol. The summed E-state index contributed by atoms with van der Waals surface area (Å²) >= 11 is 0. The summed E-state index contributed by atoms with van der Waals surface area (Å²) in [4.78, 5) is 13.8. The lowest BCUT2D eigenvalue weighted by Crippen LogP contribution is -2.73. The summed E-state index contributed by atoms with van der Waals surface area (Å²) in [5, 5.41) is 47.6. The smallest absolute Gasteiger partial charge is 0.190 e. The van der Waals surface area contributed by atoms with Crippen LogP contribution in [0.3, 0.4) is 0 Å². The fourth-order valence-corrected chi connectivity index (χ4v) is 8.15. The second kappa shape index (κ2) is 12.0. The van der Waals surface area contributed by atoms with Gasteiger partial charge in [-0.3, -0.25) is 4.79 Å². The summed E-state index contributed by atoms with van der Waals surface area (Å²) in [6.45, 7) is 14.6. The normalized spacial score (nSPS) is 32.7. The van der Waals surface area contributed by atoms with Crippen LogP contribution < -0.4 is 0 Å². The molecule has 0 spiro atoms. The van der Waals surface area contributed by atoms with Gasteiger partial charge in [-0.15, -0.1) is 0 Å². The van der Waals surface area contributed by atoms with Crippen molar-refractivity contribution in [2.75, 3.05) is 6.61 Å². The summed E-state index contributed by atoms with van der Waals surface area (Å²) in [6, 6.07) is 29.8. The van der Waals surface area contributed by atoms with Crippen molar-refractivity contribution in [3.05, 3.63) is 131 Å². The minimum atomic E-state index is -2.03. The largest absolute Gasteiger partial charge is 0.390 e. The van der Waals surface area contributed by atoms with Crippen molar-refractivity contribution in [1.29, 1.82) is 0 Å². The van der Waals surface area contributed by atoms with Crippen LogP contribution in [0, 0.1) is 23.2 Å². The van der Waals surface area contributed by atoms with E-state index in [1.807, 2.05) is 97.9 Å². The van der Waals surface area contributed by atoms with Crippen molar-refractivity contribution in [3.63, 3.8) is 0 Å². The summed E-state index contributed by atoms with van der Waals surface area (Å²) in [7, 11) is 0. The van der Waals surface area contributed by atoms with E-state index in [0.717, 1.165) is 16.7 Å². The first kappa shape index (κ1) is 34.0. The molecular formula is C40H48O6. The molecule has 6 heteroatoms. The second-order valence-electron chi connectivity index (χ2n) is 14.3. The summed E-state index contributed by atoms with van der Waals surface area (Å²) in [5.41, 5.74) is -3.70. The molecule has 0 aromatic heterocycles. The van der Waals surface area contributed by atoms with E-state index in [1.165, 1.54) is 0 Å². The fourth-order valence-electron chi connectivity index (χ4n) is 8.15. The summed E-state index contributed by atoms with van der Waals surface area (Å²) < 4.78 is 6.92. The molecule has 0 radical (unpaired) electrons. The third kappa shape index (κ3) is 5.02. The van der Waals surface area contributed by atoms with Crippen molar-refractivity contribution in [3.8, 4) is 0 Å². The number of ketones is 1. The molecule has 244 valence electrons. The third-order valence-corrected chi connectivity index (χ3v) is 11.6. The topological polar surface area (TPSA) is 107 Å². The lowest BCUT2D eigenvalue weighted by atomic mass is 9.47. The highest BCUT2D eigenvalue weighted by molar-refractivity contribution is 6.04. The van der Waals surface area contributed by atoms with Crippen LogP contribution in [0.5, 0.6) is 0 Å².